The SMILES string of the molecule is O=P(O)(O)c1ccc(/C=C/S(=O)(=O)O)s1. The molecule has 15 heavy (non-hydrogen) atoms. The molecular weight excluding hydrogens is 263 g/mol. The van der Waals surface area contributed by atoms with Crippen molar-refractivity contribution in [1.82, 2.24) is 0 Å². The molecule has 0 atom stereocenters. The molecule has 6 nitrogen and oxygen atoms in total. The van der Waals surface area contributed by atoms with Crippen LogP contribution in [0.15, 0.2) is 17.5 Å². The Balaban J connectivity index is 2.97. The van der Waals surface area contributed by atoms with Gasteiger partial charge in [-0.25, -0.2) is 0 Å². The third-order valence-corrected chi connectivity index (χ3v) is 4.35. The first-order valence-corrected chi connectivity index (χ1v) is 7.43. The molecule has 0 unspecified atom stereocenters. The molecule has 0 aliphatic heterocycles. The van der Waals surface area contributed by atoms with Crippen molar-refractivity contribution in [2.45, 2.75) is 0 Å². The molecule has 0 amide bonds. The fourth-order valence-corrected chi connectivity index (χ4v) is 2.86. The van der Waals surface area contributed by atoms with Gasteiger partial charge in [0.25, 0.3) is 10.1 Å². The summed E-state index contributed by atoms with van der Waals surface area (Å²) in [6.45, 7) is 0. The quantitative estimate of drug-likeness (QED) is 0.541. The summed E-state index contributed by atoms with van der Waals surface area (Å²) in [7, 11) is -8.51. The highest BCUT2D eigenvalue weighted by atomic mass is 32.2. The molecule has 0 saturated heterocycles. The van der Waals surface area contributed by atoms with Crippen molar-refractivity contribution in [2.24, 2.45) is 0 Å². The van der Waals surface area contributed by atoms with Crippen LogP contribution in [0.4, 0.5) is 0 Å². The molecule has 0 spiro atoms. The first-order chi connectivity index (χ1) is 6.68. The van der Waals surface area contributed by atoms with Crippen LogP contribution in [0.5, 0.6) is 0 Å². The second-order valence-electron chi connectivity index (χ2n) is 2.54. The molecule has 0 bridgehead atoms. The zero-order valence-corrected chi connectivity index (χ0v) is 9.67. The van der Waals surface area contributed by atoms with E-state index in [4.69, 9.17) is 14.3 Å². The van der Waals surface area contributed by atoms with Gasteiger partial charge in [-0.15, -0.1) is 11.3 Å². The molecule has 1 aromatic rings. The molecule has 0 aliphatic rings. The summed E-state index contributed by atoms with van der Waals surface area (Å²) >= 11 is 0.755. The van der Waals surface area contributed by atoms with Crippen molar-refractivity contribution < 1.29 is 27.3 Å². The van der Waals surface area contributed by atoms with Gasteiger partial charge >= 0.3 is 7.60 Å². The van der Waals surface area contributed by atoms with Crippen LogP contribution in [0.1, 0.15) is 4.88 Å². The first kappa shape index (κ1) is 12.6. The zero-order valence-electron chi connectivity index (χ0n) is 7.14. The number of rotatable bonds is 3. The minimum absolute atomic E-state index is 0.155. The minimum atomic E-state index is -4.29. The lowest BCUT2D eigenvalue weighted by Crippen LogP contribution is -1.95. The van der Waals surface area contributed by atoms with Crippen LogP contribution < -0.4 is 4.62 Å². The van der Waals surface area contributed by atoms with Gasteiger partial charge in [0.15, 0.2) is 0 Å². The Labute approximate surface area is 89.8 Å². The molecule has 84 valence electrons. The van der Waals surface area contributed by atoms with Crippen molar-refractivity contribution >= 4 is 39.7 Å². The van der Waals surface area contributed by atoms with Crippen molar-refractivity contribution in [2.75, 3.05) is 0 Å². The number of hydrogen-bond acceptors (Lipinski definition) is 4. The Morgan fingerprint density at radius 1 is 1.33 bits per heavy atom. The van der Waals surface area contributed by atoms with Crippen LogP contribution >= 0.6 is 18.9 Å². The van der Waals surface area contributed by atoms with E-state index in [0.29, 0.717) is 10.3 Å². The Bertz CT molecular complexity index is 522. The van der Waals surface area contributed by atoms with E-state index in [2.05, 4.69) is 0 Å². The van der Waals surface area contributed by atoms with E-state index in [-0.39, 0.29) is 4.62 Å². The summed E-state index contributed by atoms with van der Waals surface area (Å²) in [4.78, 5) is 17.8. The summed E-state index contributed by atoms with van der Waals surface area (Å²) in [6, 6.07) is 2.55. The van der Waals surface area contributed by atoms with Crippen LogP contribution in [0, 0.1) is 0 Å². The predicted octanol–water partition coefficient (Wildman–Crippen LogP) is 0.410. The molecule has 3 N–H and O–H groups in total. The summed E-state index contributed by atoms with van der Waals surface area (Å²) in [5.41, 5.74) is 0. The Morgan fingerprint density at radius 3 is 2.33 bits per heavy atom. The van der Waals surface area contributed by atoms with Crippen LogP contribution in [-0.4, -0.2) is 22.8 Å². The second kappa shape index (κ2) is 4.17. The van der Waals surface area contributed by atoms with Gasteiger partial charge in [0.05, 0.1) is 5.41 Å². The van der Waals surface area contributed by atoms with Gasteiger partial charge in [-0.05, 0) is 18.2 Å². The lowest BCUT2D eigenvalue weighted by Gasteiger charge is -1.96. The standard InChI is InChI=1S/C6H7O6PS2/c7-13(8,9)6-2-1-5(14-6)3-4-15(10,11)12/h1-4H,(H2,7,8,9)(H,10,11,12)/b4-3+. The van der Waals surface area contributed by atoms with Crippen LogP contribution in [-0.2, 0) is 14.7 Å². The molecule has 1 rings (SSSR count). The van der Waals surface area contributed by atoms with E-state index in [9.17, 15) is 13.0 Å². The van der Waals surface area contributed by atoms with Crippen molar-refractivity contribution in [3.05, 3.63) is 22.4 Å². The molecule has 9 heteroatoms. The third-order valence-electron chi connectivity index (χ3n) is 1.30. The van der Waals surface area contributed by atoms with E-state index in [1.807, 2.05) is 0 Å². The van der Waals surface area contributed by atoms with Gasteiger partial charge in [-0.1, -0.05) is 0 Å². The zero-order chi connectivity index (χ0) is 11.7. The molecule has 0 radical (unpaired) electrons. The topological polar surface area (TPSA) is 112 Å². The van der Waals surface area contributed by atoms with E-state index >= 15 is 0 Å². The maximum absolute atomic E-state index is 10.8. The maximum atomic E-state index is 10.8. The molecule has 0 aromatic carbocycles. The normalized spacial score (nSPS) is 13.5. The third kappa shape index (κ3) is 4.25. The monoisotopic (exact) mass is 270 g/mol. The smallest absolute Gasteiger partial charge is 0.320 e. The molecule has 1 aromatic heterocycles. The van der Waals surface area contributed by atoms with Gasteiger partial charge in [0.1, 0.15) is 4.62 Å². The maximum Gasteiger partial charge on any atom is 0.366 e. The Morgan fingerprint density at radius 2 is 1.93 bits per heavy atom. The van der Waals surface area contributed by atoms with Crippen LogP contribution in [0.25, 0.3) is 6.08 Å². The summed E-state index contributed by atoms with van der Waals surface area (Å²) < 4.78 is 39.6. The average molecular weight is 270 g/mol. The van der Waals surface area contributed by atoms with Gasteiger partial charge in [-0.2, -0.15) is 8.42 Å². The second-order valence-corrected chi connectivity index (χ2v) is 6.83. The summed E-state index contributed by atoms with van der Waals surface area (Å²) in [6.07, 6.45) is 1.05. The highest BCUT2D eigenvalue weighted by Crippen LogP contribution is 2.36. The van der Waals surface area contributed by atoms with E-state index in [0.717, 1.165) is 17.4 Å². The van der Waals surface area contributed by atoms with Gasteiger partial charge in [-0.3, -0.25) is 9.12 Å². The van der Waals surface area contributed by atoms with Crippen molar-refractivity contribution in [3.8, 4) is 0 Å². The van der Waals surface area contributed by atoms with Gasteiger partial charge in [0, 0.05) is 4.88 Å². The highest BCUT2D eigenvalue weighted by molar-refractivity contribution is 7.88. The van der Waals surface area contributed by atoms with Gasteiger partial charge < -0.3 is 9.79 Å². The Kier molecular flexibility index (Phi) is 3.49. The molecule has 1 heterocycles. The van der Waals surface area contributed by atoms with Gasteiger partial charge in [0.2, 0.25) is 0 Å². The largest absolute Gasteiger partial charge is 0.366 e. The number of thiophene rings is 1. The van der Waals surface area contributed by atoms with Crippen LogP contribution in [0.3, 0.4) is 0 Å². The van der Waals surface area contributed by atoms with Crippen molar-refractivity contribution in [1.29, 1.82) is 0 Å². The Hall–Kier alpha value is -0.500. The van der Waals surface area contributed by atoms with E-state index in [1.54, 1.807) is 0 Å². The fraction of sp³-hybridized carbons (Fsp3) is 0. The molecular formula is C6H7O6PS2. The van der Waals surface area contributed by atoms with E-state index in [1.165, 1.54) is 12.1 Å². The molecule has 0 saturated carbocycles. The van der Waals surface area contributed by atoms with Crippen molar-refractivity contribution in [3.63, 3.8) is 0 Å². The lowest BCUT2D eigenvalue weighted by molar-refractivity contribution is 0.388. The van der Waals surface area contributed by atoms with Crippen LogP contribution in [0.2, 0.25) is 0 Å². The predicted molar refractivity (Wildman–Crippen MR) is 56.6 cm³/mol. The lowest BCUT2D eigenvalue weighted by atomic mass is 10.5. The molecule has 0 aliphatic carbocycles. The first-order valence-electron chi connectivity index (χ1n) is 3.50. The van der Waals surface area contributed by atoms with E-state index < -0.39 is 17.7 Å². The number of hydrogen-bond donors (Lipinski definition) is 3. The summed E-state index contributed by atoms with van der Waals surface area (Å²) in [5, 5.41) is 0.544. The summed E-state index contributed by atoms with van der Waals surface area (Å²) in [5.74, 6) is 0. The molecule has 0 fully saturated rings. The minimum Gasteiger partial charge on any atom is -0.320 e. The highest BCUT2D eigenvalue weighted by Gasteiger charge is 2.18. The average Bonchev–Trinajstić information content (AvgIpc) is 2.45. The fourth-order valence-electron chi connectivity index (χ4n) is 0.741.